The average Bonchev–Trinajstić information content (AvgIpc) is 3.32. The summed E-state index contributed by atoms with van der Waals surface area (Å²) in [6, 6.07) is 11.5. The van der Waals surface area contributed by atoms with Gasteiger partial charge in [-0.05, 0) is 78.1 Å². The molecule has 2 aliphatic heterocycles. The number of aromatic nitrogens is 1. The van der Waals surface area contributed by atoms with Gasteiger partial charge >= 0.3 is 0 Å². The SMILES string of the molecule is COc1cc(-c2cc(C)c(=O)n(C)c2)cc(OC)c1CN1CC(C)(CCc2ccc3c(c2)C(=O)N(C2CCC(=O)CC2=O)C3)C1. The van der Waals surface area contributed by atoms with Crippen LogP contribution in [0.15, 0.2) is 47.4 Å². The van der Waals surface area contributed by atoms with Crippen molar-refractivity contribution < 1.29 is 23.9 Å². The molecule has 3 aliphatic rings. The number of methoxy groups -OCH3 is 2. The number of rotatable bonds is 9. The molecule has 9 nitrogen and oxygen atoms in total. The van der Waals surface area contributed by atoms with Crippen LogP contribution in [0.5, 0.6) is 11.5 Å². The lowest BCUT2D eigenvalue weighted by Gasteiger charge is -2.48. The summed E-state index contributed by atoms with van der Waals surface area (Å²) in [5.41, 5.74) is 6.42. The predicted octanol–water partition coefficient (Wildman–Crippen LogP) is 4.48. The Balaban J connectivity index is 1.09. The van der Waals surface area contributed by atoms with Gasteiger partial charge in [-0.15, -0.1) is 0 Å². The molecule has 2 fully saturated rings. The van der Waals surface area contributed by atoms with E-state index in [4.69, 9.17) is 9.47 Å². The van der Waals surface area contributed by atoms with Crippen LogP contribution in [0, 0.1) is 12.3 Å². The second-order valence-electron chi connectivity index (χ2n) is 13.3. The zero-order valence-corrected chi connectivity index (χ0v) is 26.8. The molecule has 1 unspecified atom stereocenters. The van der Waals surface area contributed by atoms with Crippen LogP contribution in [0.3, 0.4) is 0 Å². The first-order valence-electron chi connectivity index (χ1n) is 15.6. The number of nitrogens with zero attached hydrogens (tertiary/aromatic N) is 3. The summed E-state index contributed by atoms with van der Waals surface area (Å²) in [4.78, 5) is 53.7. The maximum atomic E-state index is 13.3. The smallest absolute Gasteiger partial charge is 0.255 e. The number of hydrogen-bond acceptors (Lipinski definition) is 7. The molecule has 0 N–H and O–H groups in total. The molecule has 1 aromatic heterocycles. The maximum absolute atomic E-state index is 13.3. The highest BCUT2D eigenvalue weighted by atomic mass is 16.5. The molecule has 45 heavy (non-hydrogen) atoms. The van der Waals surface area contributed by atoms with Crippen molar-refractivity contribution in [1.82, 2.24) is 14.4 Å². The van der Waals surface area contributed by atoms with Gasteiger partial charge in [0.2, 0.25) is 0 Å². The number of carbonyl (C=O) groups is 3. The zero-order valence-electron chi connectivity index (χ0n) is 26.8. The summed E-state index contributed by atoms with van der Waals surface area (Å²) in [5, 5.41) is 0. The Morgan fingerprint density at radius 2 is 1.67 bits per heavy atom. The van der Waals surface area contributed by atoms with Crippen LogP contribution >= 0.6 is 0 Å². The number of likely N-dealkylation sites (tertiary alicyclic amines) is 1. The number of ether oxygens (including phenoxy) is 2. The van der Waals surface area contributed by atoms with Crippen molar-refractivity contribution in [3.05, 3.63) is 80.8 Å². The monoisotopic (exact) mass is 611 g/mol. The van der Waals surface area contributed by atoms with E-state index in [0.29, 0.717) is 37.1 Å². The Morgan fingerprint density at radius 3 is 2.31 bits per heavy atom. The number of amides is 1. The van der Waals surface area contributed by atoms with Crippen LogP contribution in [-0.2, 0) is 36.1 Å². The fourth-order valence-electron chi connectivity index (χ4n) is 7.28. The molecule has 0 bridgehead atoms. The number of pyridine rings is 1. The normalized spacial score (nSPS) is 19.4. The highest BCUT2D eigenvalue weighted by molar-refractivity contribution is 6.07. The minimum atomic E-state index is -0.489. The lowest BCUT2D eigenvalue weighted by molar-refractivity contribution is -0.133. The summed E-state index contributed by atoms with van der Waals surface area (Å²) in [7, 11) is 5.09. The molecule has 0 radical (unpaired) electrons. The molecule has 1 saturated heterocycles. The van der Waals surface area contributed by atoms with Crippen LogP contribution in [0.2, 0.25) is 0 Å². The van der Waals surface area contributed by atoms with E-state index in [9.17, 15) is 19.2 Å². The molecule has 3 aromatic rings. The Labute approximate surface area is 263 Å². The molecule has 236 valence electrons. The highest BCUT2D eigenvalue weighted by Crippen LogP contribution is 2.41. The van der Waals surface area contributed by atoms with E-state index in [0.717, 1.165) is 65.2 Å². The molecule has 6 rings (SSSR count). The molecule has 0 spiro atoms. The molecule has 2 aromatic carbocycles. The molecular weight excluding hydrogens is 570 g/mol. The van der Waals surface area contributed by atoms with E-state index in [1.165, 1.54) is 0 Å². The van der Waals surface area contributed by atoms with Gasteiger partial charge in [0.25, 0.3) is 11.5 Å². The molecule has 1 aliphatic carbocycles. The third-order valence-corrected chi connectivity index (χ3v) is 9.74. The topological polar surface area (TPSA) is 98.2 Å². The first kappa shape index (κ1) is 30.8. The van der Waals surface area contributed by atoms with Crippen molar-refractivity contribution in [2.75, 3.05) is 27.3 Å². The standard InChI is InChI=1S/C36H41N3O6/c1-22-12-26(17-37(3)34(22)42)25-14-32(44-4)29(33(15-25)45-5)19-38-20-36(2,21-38)11-10-23-6-7-24-18-39(35(43)28(24)13-23)30-9-8-27(40)16-31(30)41/h6-7,12-15,17,30H,8-11,16,18-21H2,1-5H3. The molecule has 9 heteroatoms. The molecule has 1 amide bonds. The van der Waals surface area contributed by atoms with Crippen molar-refractivity contribution in [3.63, 3.8) is 0 Å². The van der Waals surface area contributed by atoms with Gasteiger partial charge in [0, 0.05) is 57.0 Å². The lowest BCUT2D eigenvalue weighted by atomic mass is 9.76. The third-order valence-electron chi connectivity index (χ3n) is 9.74. The minimum absolute atomic E-state index is 0.0153. The first-order valence-corrected chi connectivity index (χ1v) is 15.6. The molecule has 1 atom stereocenters. The Hall–Kier alpha value is -4.24. The van der Waals surface area contributed by atoms with E-state index in [2.05, 4.69) is 17.9 Å². The summed E-state index contributed by atoms with van der Waals surface area (Å²) in [6.07, 6.45) is 4.41. The predicted molar refractivity (Wildman–Crippen MR) is 171 cm³/mol. The number of carbonyl (C=O) groups excluding carboxylic acids is 3. The average molecular weight is 612 g/mol. The van der Waals surface area contributed by atoms with Crippen LogP contribution < -0.4 is 15.0 Å². The van der Waals surface area contributed by atoms with Crippen molar-refractivity contribution in [2.24, 2.45) is 12.5 Å². The van der Waals surface area contributed by atoms with Gasteiger partial charge in [-0.2, -0.15) is 0 Å². The Morgan fingerprint density at radius 1 is 0.956 bits per heavy atom. The highest BCUT2D eigenvalue weighted by Gasteiger charge is 2.40. The van der Waals surface area contributed by atoms with Gasteiger partial charge in [-0.1, -0.05) is 19.1 Å². The number of aryl methyl sites for hydroxylation is 3. The van der Waals surface area contributed by atoms with Crippen molar-refractivity contribution in [2.45, 2.75) is 65.1 Å². The van der Waals surface area contributed by atoms with Gasteiger partial charge in [-0.25, -0.2) is 0 Å². The molecule has 3 heterocycles. The van der Waals surface area contributed by atoms with Gasteiger partial charge in [0.05, 0.1) is 32.2 Å². The van der Waals surface area contributed by atoms with E-state index in [-0.39, 0.29) is 34.9 Å². The van der Waals surface area contributed by atoms with Gasteiger partial charge in [-0.3, -0.25) is 24.1 Å². The largest absolute Gasteiger partial charge is 0.496 e. The fourth-order valence-corrected chi connectivity index (χ4v) is 7.28. The minimum Gasteiger partial charge on any atom is -0.496 e. The van der Waals surface area contributed by atoms with E-state index in [1.54, 1.807) is 30.7 Å². The number of Topliss-reactive ketones (excluding diaryl/α,β-unsaturated/α-hetero) is 2. The van der Waals surface area contributed by atoms with E-state index in [1.807, 2.05) is 43.5 Å². The van der Waals surface area contributed by atoms with Crippen LogP contribution in [-0.4, -0.2) is 65.2 Å². The van der Waals surface area contributed by atoms with Crippen LogP contribution in [0.4, 0.5) is 0 Å². The van der Waals surface area contributed by atoms with Crippen molar-refractivity contribution in [1.29, 1.82) is 0 Å². The number of fused-ring (bicyclic) bond motifs is 1. The van der Waals surface area contributed by atoms with E-state index < -0.39 is 6.04 Å². The maximum Gasteiger partial charge on any atom is 0.255 e. The number of hydrogen-bond donors (Lipinski definition) is 0. The van der Waals surface area contributed by atoms with Gasteiger partial charge in [0.1, 0.15) is 17.3 Å². The fraction of sp³-hybridized carbons (Fsp3) is 0.444. The van der Waals surface area contributed by atoms with Gasteiger partial charge < -0.3 is 18.9 Å². The number of ketones is 2. The molecule has 1 saturated carbocycles. The Kier molecular flexibility index (Phi) is 8.16. The summed E-state index contributed by atoms with van der Waals surface area (Å²) in [6.45, 7) is 7.12. The van der Waals surface area contributed by atoms with E-state index >= 15 is 0 Å². The zero-order chi connectivity index (χ0) is 32.0. The Bertz CT molecular complexity index is 1700. The summed E-state index contributed by atoms with van der Waals surface area (Å²) in [5.74, 6) is 1.24. The second-order valence-corrected chi connectivity index (χ2v) is 13.3. The molecular formula is C36H41N3O6. The van der Waals surface area contributed by atoms with Crippen LogP contribution in [0.25, 0.3) is 11.1 Å². The quantitative estimate of drug-likeness (QED) is 0.329. The van der Waals surface area contributed by atoms with Crippen LogP contribution in [0.1, 0.15) is 65.2 Å². The number of benzene rings is 2. The summed E-state index contributed by atoms with van der Waals surface area (Å²) < 4.78 is 13.2. The first-order chi connectivity index (χ1) is 21.5. The van der Waals surface area contributed by atoms with Crippen molar-refractivity contribution >= 4 is 17.5 Å². The summed E-state index contributed by atoms with van der Waals surface area (Å²) >= 11 is 0. The second kappa shape index (κ2) is 11.9. The lowest BCUT2D eigenvalue weighted by Crippen LogP contribution is -2.54. The van der Waals surface area contributed by atoms with Gasteiger partial charge in [0.15, 0.2) is 5.78 Å². The third kappa shape index (κ3) is 5.93. The van der Waals surface area contributed by atoms with Crippen molar-refractivity contribution in [3.8, 4) is 22.6 Å².